The van der Waals surface area contributed by atoms with Crippen molar-refractivity contribution in [3.8, 4) is 22.7 Å². The van der Waals surface area contributed by atoms with Crippen LogP contribution in [0.3, 0.4) is 0 Å². The van der Waals surface area contributed by atoms with E-state index in [4.69, 9.17) is 4.42 Å². The molecule has 3 aromatic rings. The topological polar surface area (TPSA) is 92.4 Å². The van der Waals surface area contributed by atoms with E-state index in [0.29, 0.717) is 35.0 Å². The molecule has 3 heterocycles. The number of hydrogen-bond acceptors (Lipinski definition) is 6. The fraction of sp³-hybridized carbons (Fsp3) is 0.391. The van der Waals surface area contributed by atoms with Gasteiger partial charge >= 0.3 is 0 Å². The van der Waals surface area contributed by atoms with Gasteiger partial charge in [-0.15, -0.1) is 10.2 Å². The molecule has 5 rings (SSSR count). The predicted molar refractivity (Wildman–Crippen MR) is 110 cm³/mol. The van der Waals surface area contributed by atoms with Gasteiger partial charge in [-0.1, -0.05) is 18.2 Å². The van der Waals surface area contributed by atoms with E-state index >= 15 is 0 Å². The molecule has 1 saturated carbocycles. The summed E-state index contributed by atoms with van der Waals surface area (Å²) in [6.45, 7) is 5.56. The van der Waals surface area contributed by atoms with Crippen LogP contribution in [0.2, 0.25) is 0 Å². The van der Waals surface area contributed by atoms with Crippen LogP contribution in [0.4, 0.5) is 4.39 Å². The van der Waals surface area contributed by atoms with Crippen LogP contribution in [0.1, 0.15) is 48.5 Å². The van der Waals surface area contributed by atoms with Gasteiger partial charge < -0.3 is 14.4 Å². The molecule has 1 fully saturated rings. The third-order valence-electron chi connectivity index (χ3n) is 5.98. The van der Waals surface area contributed by atoms with Gasteiger partial charge in [0.2, 0.25) is 5.89 Å². The molecule has 0 saturated heterocycles. The molecule has 8 heteroatoms. The SMILES string of the molecule is Cc1nnc(-c2ncc(-c3cccc4c3C(=O)N(C(C3CC3)C(C)(C)O)C4)cc2F)o1. The lowest BCUT2D eigenvalue weighted by Crippen LogP contribution is -2.51. The normalized spacial score (nSPS) is 17.2. The Bertz CT molecular complexity index is 1180. The number of rotatable bonds is 5. The van der Waals surface area contributed by atoms with Crippen LogP contribution in [-0.2, 0) is 6.54 Å². The zero-order chi connectivity index (χ0) is 21.9. The Hall–Kier alpha value is -3.13. The Balaban J connectivity index is 1.53. The van der Waals surface area contributed by atoms with Gasteiger partial charge in [-0.05, 0) is 49.8 Å². The van der Waals surface area contributed by atoms with E-state index in [1.165, 1.54) is 12.3 Å². The molecule has 1 amide bonds. The van der Waals surface area contributed by atoms with Crippen molar-refractivity contribution in [2.45, 2.75) is 51.8 Å². The van der Waals surface area contributed by atoms with E-state index in [1.807, 2.05) is 12.1 Å². The molecule has 7 nitrogen and oxygen atoms in total. The van der Waals surface area contributed by atoms with Crippen molar-refractivity contribution in [3.05, 3.63) is 53.3 Å². The Morgan fingerprint density at radius 1 is 1.29 bits per heavy atom. The summed E-state index contributed by atoms with van der Waals surface area (Å²) in [4.78, 5) is 19.4. The van der Waals surface area contributed by atoms with E-state index in [0.717, 1.165) is 18.4 Å². The third kappa shape index (κ3) is 3.40. The highest BCUT2D eigenvalue weighted by atomic mass is 19.1. The maximum Gasteiger partial charge on any atom is 0.269 e. The van der Waals surface area contributed by atoms with Crippen LogP contribution < -0.4 is 0 Å². The van der Waals surface area contributed by atoms with Gasteiger partial charge in [0.1, 0.15) is 0 Å². The molecule has 2 aliphatic rings. The molecule has 1 aromatic carbocycles. The molecule has 1 aliphatic heterocycles. The van der Waals surface area contributed by atoms with Crippen LogP contribution in [0.15, 0.2) is 34.9 Å². The first-order valence-electron chi connectivity index (χ1n) is 10.4. The minimum Gasteiger partial charge on any atom is -0.420 e. The molecule has 1 unspecified atom stereocenters. The lowest BCUT2D eigenvalue weighted by atomic mass is 9.93. The highest BCUT2D eigenvalue weighted by molar-refractivity contribution is 6.04. The summed E-state index contributed by atoms with van der Waals surface area (Å²) >= 11 is 0. The molecule has 0 spiro atoms. The first-order chi connectivity index (χ1) is 14.7. The number of hydrogen-bond donors (Lipinski definition) is 1. The molecule has 1 atom stereocenters. The summed E-state index contributed by atoms with van der Waals surface area (Å²) in [6.07, 6.45) is 3.53. The molecule has 31 heavy (non-hydrogen) atoms. The number of pyridine rings is 1. The van der Waals surface area contributed by atoms with Crippen molar-refractivity contribution < 1.29 is 18.7 Å². The van der Waals surface area contributed by atoms with Gasteiger partial charge in [-0.2, -0.15) is 0 Å². The Kier molecular flexibility index (Phi) is 4.44. The molecule has 1 aliphatic carbocycles. The average molecular weight is 422 g/mol. The number of aromatic nitrogens is 3. The van der Waals surface area contributed by atoms with Crippen molar-refractivity contribution in [3.63, 3.8) is 0 Å². The second kappa shape index (κ2) is 6.95. The summed E-state index contributed by atoms with van der Waals surface area (Å²) in [5, 5.41) is 18.3. The van der Waals surface area contributed by atoms with Crippen LogP contribution >= 0.6 is 0 Å². The molecule has 2 aromatic heterocycles. The van der Waals surface area contributed by atoms with E-state index in [-0.39, 0.29) is 23.5 Å². The summed E-state index contributed by atoms with van der Waals surface area (Å²) < 4.78 is 20.1. The van der Waals surface area contributed by atoms with Gasteiger partial charge in [-0.3, -0.25) is 4.79 Å². The van der Waals surface area contributed by atoms with E-state index in [2.05, 4.69) is 15.2 Å². The van der Waals surface area contributed by atoms with Crippen LogP contribution in [-0.4, -0.2) is 42.7 Å². The molecule has 1 N–H and O–H groups in total. The number of fused-ring (bicyclic) bond motifs is 1. The smallest absolute Gasteiger partial charge is 0.269 e. The van der Waals surface area contributed by atoms with Crippen molar-refractivity contribution in [2.75, 3.05) is 0 Å². The standard InChI is InChI=1S/C23H23FN4O3/c1-12-26-27-21(31-12)19-17(24)9-15(10-25-19)16-6-4-5-14-11-28(22(29)18(14)16)20(13-7-8-13)23(2,3)30/h4-6,9-10,13,20,30H,7-8,11H2,1-3H3. The van der Waals surface area contributed by atoms with Gasteiger partial charge in [0.15, 0.2) is 11.5 Å². The van der Waals surface area contributed by atoms with Crippen LogP contribution in [0.5, 0.6) is 0 Å². The molecular formula is C23H23FN4O3. The Morgan fingerprint density at radius 3 is 2.68 bits per heavy atom. The molecular weight excluding hydrogens is 399 g/mol. The highest BCUT2D eigenvalue weighted by Gasteiger charge is 2.48. The monoisotopic (exact) mass is 422 g/mol. The minimum absolute atomic E-state index is 0.0135. The Morgan fingerprint density at radius 2 is 2.06 bits per heavy atom. The third-order valence-corrected chi connectivity index (χ3v) is 5.98. The molecule has 160 valence electrons. The summed E-state index contributed by atoms with van der Waals surface area (Å²) in [5.74, 6) is -0.101. The second-order valence-corrected chi connectivity index (χ2v) is 8.89. The number of benzene rings is 1. The largest absolute Gasteiger partial charge is 0.420 e. The number of nitrogens with zero attached hydrogens (tertiary/aromatic N) is 4. The van der Waals surface area contributed by atoms with E-state index in [9.17, 15) is 14.3 Å². The van der Waals surface area contributed by atoms with Gasteiger partial charge in [-0.25, -0.2) is 9.37 Å². The molecule has 0 bridgehead atoms. The number of carbonyl (C=O) groups is 1. The van der Waals surface area contributed by atoms with Gasteiger partial charge in [0, 0.05) is 25.2 Å². The van der Waals surface area contributed by atoms with Crippen LogP contribution in [0.25, 0.3) is 22.7 Å². The fourth-order valence-corrected chi connectivity index (χ4v) is 4.61. The number of halogens is 1. The zero-order valence-corrected chi connectivity index (χ0v) is 17.6. The maximum absolute atomic E-state index is 14.8. The molecule has 0 radical (unpaired) electrons. The second-order valence-electron chi connectivity index (χ2n) is 8.89. The Labute approximate surface area is 178 Å². The maximum atomic E-state index is 14.8. The van der Waals surface area contributed by atoms with Gasteiger partial charge in [0.25, 0.3) is 11.8 Å². The minimum atomic E-state index is -1.00. The number of aryl methyl sites for hydroxylation is 1. The lowest BCUT2D eigenvalue weighted by Gasteiger charge is -2.37. The van der Waals surface area contributed by atoms with Crippen molar-refractivity contribution in [2.24, 2.45) is 5.92 Å². The number of carbonyl (C=O) groups excluding carboxylic acids is 1. The highest BCUT2D eigenvalue weighted by Crippen LogP contribution is 2.44. The predicted octanol–water partition coefficient (Wildman–Crippen LogP) is 3.75. The first kappa shape index (κ1) is 19.8. The lowest BCUT2D eigenvalue weighted by molar-refractivity contribution is -0.0224. The van der Waals surface area contributed by atoms with Crippen LogP contribution in [0, 0.1) is 18.7 Å². The van der Waals surface area contributed by atoms with Crippen molar-refractivity contribution in [1.82, 2.24) is 20.1 Å². The van der Waals surface area contributed by atoms with E-state index < -0.39 is 11.4 Å². The quantitative estimate of drug-likeness (QED) is 0.673. The zero-order valence-electron chi connectivity index (χ0n) is 17.6. The average Bonchev–Trinajstić information content (AvgIpc) is 3.35. The number of aliphatic hydroxyl groups is 1. The number of amides is 1. The van der Waals surface area contributed by atoms with E-state index in [1.54, 1.807) is 31.7 Å². The van der Waals surface area contributed by atoms with Crippen molar-refractivity contribution in [1.29, 1.82) is 0 Å². The summed E-state index contributed by atoms with van der Waals surface area (Å²) in [7, 11) is 0. The summed E-state index contributed by atoms with van der Waals surface area (Å²) in [6, 6.07) is 6.64. The first-order valence-corrected chi connectivity index (χ1v) is 10.4. The van der Waals surface area contributed by atoms with Crippen molar-refractivity contribution >= 4 is 5.91 Å². The van der Waals surface area contributed by atoms with Gasteiger partial charge in [0.05, 0.1) is 17.2 Å². The fourth-order valence-electron chi connectivity index (χ4n) is 4.61. The summed E-state index contributed by atoms with van der Waals surface area (Å²) in [5.41, 5.74) is 1.50.